The average Bonchev–Trinajstić information content (AvgIpc) is 3.01. The number of nitrogens with zero attached hydrogens (tertiary/aromatic N) is 2. The molecule has 0 bridgehead atoms. The zero-order chi connectivity index (χ0) is 15.4. The molecular weight excluding hydrogens is 290 g/mol. The fourth-order valence-electron chi connectivity index (χ4n) is 2.03. The minimum absolute atomic E-state index is 0.180. The molecule has 0 saturated heterocycles. The lowest BCUT2D eigenvalue weighted by Gasteiger charge is -2.02. The van der Waals surface area contributed by atoms with Crippen molar-refractivity contribution < 1.29 is 9.21 Å². The highest BCUT2D eigenvalue weighted by Gasteiger charge is 2.13. The van der Waals surface area contributed by atoms with Crippen LogP contribution in [-0.2, 0) is 6.54 Å². The number of hydrogen-bond acceptors (Lipinski definition) is 3. The maximum Gasteiger partial charge on any atom is 0.286 e. The van der Waals surface area contributed by atoms with Crippen molar-refractivity contribution in [1.29, 1.82) is 0 Å². The molecule has 0 aromatic carbocycles. The quantitative estimate of drug-likeness (QED) is 0.833. The molecule has 21 heavy (non-hydrogen) atoms. The number of hydrogen-bond donors (Lipinski definition) is 1. The van der Waals surface area contributed by atoms with Crippen LogP contribution < -0.4 is 5.32 Å². The van der Waals surface area contributed by atoms with Crippen LogP contribution >= 0.6 is 11.6 Å². The zero-order valence-corrected chi connectivity index (χ0v) is 13.3. The Balaban J connectivity index is 2.03. The zero-order valence-electron chi connectivity index (χ0n) is 12.6. The molecule has 1 amide bonds. The molecule has 5 nitrogen and oxygen atoms in total. The number of carbonyl (C=O) groups is 1. The van der Waals surface area contributed by atoms with Crippen LogP contribution in [0.15, 0.2) is 16.5 Å². The maximum absolute atomic E-state index is 11.9. The van der Waals surface area contributed by atoms with Gasteiger partial charge in [0.05, 0.1) is 23.0 Å². The Hall–Kier alpha value is -1.75. The first kappa shape index (κ1) is 15.6. The molecule has 0 fully saturated rings. The van der Waals surface area contributed by atoms with Gasteiger partial charge in [-0.2, -0.15) is 5.10 Å². The smallest absolute Gasteiger partial charge is 0.286 e. The highest BCUT2D eigenvalue weighted by atomic mass is 35.5. The molecule has 6 heteroatoms. The summed E-state index contributed by atoms with van der Waals surface area (Å²) in [4.78, 5) is 11.9. The number of amides is 1. The van der Waals surface area contributed by atoms with E-state index in [9.17, 15) is 4.79 Å². The second-order valence-electron chi connectivity index (χ2n) is 5.02. The summed E-state index contributed by atoms with van der Waals surface area (Å²) < 4.78 is 7.34. The van der Waals surface area contributed by atoms with E-state index < -0.39 is 0 Å². The van der Waals surface area contributed by atoms with Gasteiger partial charge in [-0.15, -0.1) is 0 Å². The van der Waals surface area contributed by atoms with Crippen molar-refractivity contribution in [3.8, 4) is 0 Å². The molecule has 2 aromatic rings. The van der Waals surface area contributed by atoms with Gasteiger partial charge < -0.3 is 9.73 Å². The van der Waals surface area contributed by atoms with Gasteiger partial charge in [0.1, 0.15) is 5.76 Å². The summed E-state index contributed by atoms with van der Waals surface area (Å²) in [5.74, 6) is 0.827. The molecule has 2 heterocycles. The van der Waals surface area contributed by atoms with Gasteiger partial charge in [-0.3, -0.25) is 9.48 Å². The Morgan fingerprint density at radius 2 is 2.19 bits per heavy atom. The second-order valence-corrected chi connectivity index (χ2v) is 5.40. The summed E-state index contributed by atoms with van der Waals surface area (Å²) in [6.07, 6.45) is 2.01. The van der Waals surface area contributed by atoms with Crippen LogP contribution in [0.1, 0.15) is 47.5 Å². The van der Waals surface area contributed by atoms with Crippen LogP contribution in [0.4, 0.5) is 0 Å². The molecule has 1 N–H and O–H groups in total. The number of unbranched alkanes of at least 4 members (excludes halogenated alkanes) is 1. The third-order valence-electron chi connectivity index (χ3n) is 3.30. The van der Waals surface area contributed by atoms with Crippen molar-refractivity contribution >= 4 is 17.5 Å². The molecular formula is C15H20ClN3O2. The van der Waals surface area contributed by atoms with Gasteiger partial charge in [-0.1, -0.05) is 24.9 Å². The number of aryl methyl sites for hydroxylation is 1. The van der Waals surface area contributed by atoms with E-state index in [0.717, 1.165) is 24.2 Å². The predicted octanol–water partition coefficient (Wildman–Crippen LogP) is 3.32. The molecule has 0 unspecified atom stereocenters. The number of furan rings is 1. The van der Waals surface area contributed by atoms with Crippen molar-refractivity contribution in [1.82, 2.24) is 15.1 Å². The molecule has 0 atom stereocenters. The summed E-state index contributed by atoms with van der Waals surface area (Å²) in [5, 5.41) is 7.84. The molecule has 0 aliphatic heterocycles. The molecule has 0 saturated carbocycles. The van der Waals surface area contributed by atoms with Gasteiger partial charge in [-0.05, 0) is 32.4 Å². The molecule has 0 aliphatic rings. The highest BCUT2D eigenvalue weighted by Crippen LogP contribution is 2.20. The fraction of sp³-hybridized carbons (Fsp3) is 0.467. The van der Waals surface area contributed by atoms with E-state index in [-0.39, 0.29) is 5.91 Å². The topological polar surface area (TPSA) is 60.1 Å². The molecule has 2 aromatic heterocycles. The summed E-state index contributed by atoms with van der Waals surface area (Å²) >= 11 is 6.11. The van der Waals surface area contributed by atoms with Gasteiger partial charge in [0.15, 0.2) is 5.76 Å². The van der Waals surface area contributed by atoms with Crippen molar-refractivity contribution in [2.24, 2.45) is 0 Å². The largest absolute Gasteiger partial charge is 0.454 e. The van der Waals surface area contributed by atoms with Crippen LogP contribution in [0.5, 0.6) is 0 Å². The van der Waals surface area contributed by atoms with E-state index in [1.165, 1.54) is 0 Å². The first-order valence-corrected chi connectivity index (χ1v) is 7.47. The van der Waals surface area contributed by atoms with Crippen molar-refractivity contribution in [2.75, 3.05) is 6.54 Å². The van der Waals surface area contributed by atoms with E-state index in [2.05, 4.69) is 17.3 Å². The third kappa shape index (κ3) is 3.67. The van der Waals surface area contributed by atoms with Crippen molar-refractivity contribution in [3.05, 3.63) is 40.1 Å². The molecule has 0 radical (unpaired) electrons. The molecule has 114 valence electrons. The Morgan fingerprint density at radius 3 is 2.81 bits per heavy atom. The number of aromatic nitrogens is 2. The Labute approximate surface area is 129 Å². The van der Waals surface area contributed by atoms with Crippen LogP contribution in [0.25, 0.3) is 0 Å². The fourth-order valence-corrected chi connectivity index (χ4v) is 2.16. The molecule has 0 aliphatic carbocycles. The maximum atomic E-state index is 11.9. The lowest BCUT2D eigenvalue weighted by Crippen LogP contribution is -2.23. The average molecular weight is 310 g/mol. The molecule has 2 rings (SSSR count). The van der Waals surface area contributed by atoms with Gasteiger partial charge in [0, 0.05) is 6.54 Å². The van der Waals surface area contributed by atoms with Crippen LogP contribution in [0, 0.1) is 13.8 Å². The van der Waals surface area contributed by atoms with Gasteiger partial charge in [-0.25, -0.2) is 0 Å². The van der Waals surface area contributed by atoms with Crippen molar-refractivity contribution in [2.45, 2.75) is 40.2 Å². The number of nitrogens with one attached hydrogen (secondary N) is 1. The lowest BCUT2D eigenvalue weighted by atomic mass is 10.3. The SMILES string of the molecule is CCCCNC(=O)c1ccc(Cn2nc(C)c(Cl)c2C)o1. The van der Waals surface area contributed by atoms with E-state index >= 15 is 0 Å². The van der Waals surface area contributed by atoms with E-state index in [0.29, 0.717) is 29.6 Å². The second kappa shape index (κ2) is 6.80. The highest BCUT2D eigenvalue weighted by molar-refractivity contribution is 6.31. The minimum atomic E-state index is -0.180. The number of carbonyl (C=O) groups excluding carboxylic acids is 1. The summed E-state index contributed by atoms with van der Waals surface area (Å²) in [6, 6.07) is 3.48. The van der Waals surface area contributed by atoms with Gasteiger partial charge >= 0.3 is 0 Å². The number of rotatable bonds is 6. The van der Waals surface area contributed by atoms with Crippen LogP contribution in [-0.4, -0.2) is 22.2 Å². The normalized spacial score (nSPS) is 10.9. The van der Waals surface area contributed by atoms with E-state index in [4.69, 9.17) is 16.0 Å². The predicted molar refractivity (Wildman–Crippen MR) is 81.8 cm³/mol. The lowest BCUT2D eigenvalue weighted by molar-refractivity contribution is 0.0923. The Morgan fingerprint density at radius 1 is 1.43 bits per heavy atom. The first-order chi connectivity index (χ1) is 10.0. The standard InChI is InChI=1S/C15H20ClN3O2/c1-4-5-8-17-15(20)13-7-6-12(21-13)9-19-11(3)14(16)10(2)18-19/h6-7H,4-5,8-9H2,1-3H3,(H,17,20). The molecule has 0 spiro atoms. The summed E-state index contributed by atoms with van der Waals surface area (Å²) in [6.45, 7) is 6.97. The number of halogens is 1. The Bertz CT molecular complexity index is 631. The van der Waals surface area contributed by atoms with Gasteiger partial charge in [0.25, 0.3) is 5.91 Å². The monoisotopic (exact) mass is 309 g/mol. The minimum Gasteiger partial charge on any atom is -0.454 e. The summed E-state index contributed by atoms with van der Waals surface area (Å²) in [7, 11) is 0. The first-order valence-electron chi connectivity index (χ1n) is 7.09. The van der Waals surface area contributed by atoms with Crippen molar-refractivity contribution in [3.63, 3.8) is 0 Å². The van der Waals surface area contributed by atoms with Gasteiger partial charge in [0.2, 0.25) is 0 Å². The third-order valence-corrected chi connectivity index (χ3v) is 3.85. The van der Waals surface area contributed by atoms with E-state index in [1.807, 2.05) is 13.8 Å². The Kier molecular flexibility index (Phi) is 5.07. The summed E-state index contributed by atoms with van der Waals surface area (Å²) in [5.41, 5.74) is 1.68. The van der Waals surface area contributed by atoms with Crippen LogP contribution in [0.3, 0.4) is 0 Å². The van der Waals surface area contributed by atoms with E-state index in [1.54, 1.807) is 16.8 Å². The van der Waals surface area contributed by atoms with Crippen LogP contribution in [0.2, 0.25) is 5.02 Å².